The number of benzene rings is 1. The third kappa shape index (κ3) is 4.20. The number of sulfone groups is 1. The van der Waals surface area contributed by atoms with Gasteiger partial charge in [0.25, 0.3) is 0 Å². The van der Waals surface area contributed by atoms with Crippen LogP contribution in [0.3, 0.4) is 0 Å². The molecule has 0 aromatic heterocycles. The van der Waals surface area contributed by atoms with Crippen LogP contribution >= 0.6 is 15.9 Å². The molecule has 0 aliphatic rings. The maximum atomic E-state index is 11.1. The van der Waals surface area contributed by atoms with Crippen LogP contribution in [0.15, 0.2) is 16.6 Å². The lowest BCUT2D eigenvalue weighted by atomic mass is 10.2. The van der Waals surface area contributed by atoms with Gasteiger partial charge >= 0.3 is 0 Å². The molecule has 2 N–H and O–H groups in total. The van der Waals surface area contributed by atoms with Crippen molar-refractivity contribution in [3.63, 3.8) is 0 Å². The topological polar surface area (TPSA) is 63.4 Å². The molecule has 96 valence electrons. The van der Waals surface area contributed by atoms with E-state index in [0.29, 0.717) is 6.54 Å². The Labute approximate surface area is 111 Å². The number of hydrogen-bond donors (Lipinski definition) is 1. The molecule has 1 rings (SSSR count). The minimum Gasteiger partial charge on any atom is -0.398 e. The third-order valence-electron chi connectivity index (χ3n) is 2.54. The summed E-state index contributed by atoms with van der Waals surface area (Å²) in [7, 11) is -1.08. The summed E-state index contributed by atoms with van der Waals surface area (Å²) in [5, 5.41) is 0. The molecule has 0 fully saturated rings. The van der Waals surface area contributed by atoms with Crippen LogP contribution in [0.25, 0.3) is 0 Å². The predicted octanol–water partition coefficient (Wildman–Crippen LogP) is 1.82. The monoisotopic (exact) mass is 320 g/mol. The molecule has 0 spiro atoms. The van der Waals surface area contributed by atoms with Crippen LogP contribution in [-0.4, -0.2) is 34.0 Å². The van der Waals surface area contributed by atoms with Gasteiger partial charge in [-0.3, -0.25) is 0 Å². The van der Waals surface area contributed by atoms with Crippen LogP contribution in [0.1, 0.15) is 5.56 Å². The second-order valence-corrected chi connectivity index (χ2v) is 7.33. The first-order valence-electron chi connectivity index (χ1n) is 5.15. The molecule has 0 saturated carbocycles. The number of halogens is 1. The lowest BCUT2D eigenvalue weighted by Gasteiger charge is -2.21. The normalized spacial score (nSPS) is 11.5. The van der Waals surface area contributed by atoms with E-state index in [1.54, 1.807) is 0 Å². The van der Waals surface area contributed by atoms with Gasteiger partial charge in [-0.15, -0.1) is 0 Å². The van der Waals surface area contributed by atoms with Crippen molar-refractivity contribution in [1.29, 1.82) is 0 Å². The summed E-state index contributed by atoms with van der Waals surface area (Å²) in [6, 6.07) is 3.78. The molecule has 1 aromatic carbocycles. The number of nitrogen functional groups attached to an aromatic ring is 1. The van der Waals surface area contributed by atoms with Gasteiger partial charge in [-0.2, -0.15) is 0 Å². The van der Waals surface area contributed by atoms with Crippen molar-refractivity contribution >= 4 is 37.1 Å². The van der Waals surface area contributed by atoms with Crippen molar-refractivity contribution < 1.29 is 8.42 Å². The third-order valence-corrected chi connectivity index (χ3v) is 4.10. The van der Waals surface area contributed by atoms with Gasteiger partial charge in [0.1, 0.15) is 9.84 Å². The van der Waals surface area contributed by atoms with Gasteiger partial charge in [-0.05, 0) is 40.5 Å². The number of rotatable bonds is 4. The molecule has 0 bridgehead atoms. The van der Waals surface area contributed by atoms with Crippen LogP contribution < -0.4 is 10.6 Å². The molecule has 0 amide bonds. The minimum atomic E-state index is -2.94. The van der Waals surface area contributed by atoms with Crippen LogP contribution in [0.4, 0.5) is 11.4 Å². The Hall–Kier alpha value is -0.750. The number of nitrogens with two attached hydrogens (primary N) is 1. The fourth-order valence-electron chi connectivity index (χ4n) is 1.40. The van der Waals surface area contributed by atoms with Gasteiger partial charge in [0.2, 0.25) is 0 Å². The lowest BCUT2D eigenvalue weighted by Crippen LogP contribution is -2.25. The quantitative estimate of drug-likeness (QED) is 0.859. The highest BCUT2D eigenvalue weighted by Crippen LogP contribution is 2.30. The van der Waals surface area contributed by atoms with Crippen LogP contribution in [0.2, 0.25) is 0 Å². The Bertz CT molecular complexity index is 514. The molecule has 0 atom stereocenters. The van der Waals surface area contributed by atoms with E-state index in [9.17, 15) is 8.42 Å². The van der Waals surface area contributed by atoms with Gasteiger partial charge in [0.15, 0.2) is 0 Å². The molecule has 4 nitrogen and oxygen atoms in total. The van der Waals surface area contributed by atoms with E-state index in [4.69, 9.17) is 5.73 Å². The van der Waals surface area contributed by atoms with Gasteiger partial charge in [0.05, 0.1) is 11.4 Å². The molecule has 17 heavy (non-hydrogen) atoms. The van der Waals surface area contributed by atoms with Gasteiger partial charge in [-0.1, -0.05) is 0 Å². The first-order valence-corrected chi connectivity index (χ1v) is 8.00. The molecule has 0 aliphatic heterocycles. The number of aryl methyl sites for hydroxylation is 1. The van der Waals surface area contributed by atoms with E-state index in [2.05, 4.69) is 15.9 Å². The number of nitrogens with zero attached hydrogens (tertiary/aromatic N) is 1. The fraction of sp³-hybridized carbons (Fsp3) is 0.455. The molecule has 6 heteroatoms. The summed E-state index contributed by atoms with van der Waals surface area (Å²) >= 11 is 3.43. The van der Waals surface area contributed by atoms with Crippen LogP contribution in [0.5, 0.6) is 0 Å². The highest BCUT2D eigenvalue weighted by atomic mass is 79.9. The van der Waals surface area contributed by atoms with E-state index >= 15 is 0 Å². The summed E-state index contributed by atoms with van der Waals surface area (Å²) in [6.07, 6.45) is 1.24. The Balaban J connectivity index is 2.89. The largest absolute Gasteiger partial charge is 0.398 e. The number of hydrogen-bond acceptors (Lipinski definition) is 4. The molecule has 0 radical (unpaired) electrons. The molecule has 1 aromatic rings. The smallest absolute Gasteiger partial charge is 0.149 e. The SMILES string of the molecule is Cc1cc(N(C)CCS(C)(=O)=O)c(Br)cc1N. The van der Waals surface area contributed by atoms with E-state index in [-0.39, 0.29) is 5.75 Å². The highest BCUT2D eigenvalue weighted by molar-refractivity contribution is 9.10. The first-order chi connectivity index (χ1) is 7.70. The average molecular weight is 321 g/mol. The Morgan fingerprint density at radius 1 is 1.41 bits per heavy atom. The second kappa shape index (κ2) is 5.27. The summed E-state index contributed by atoms with van der Waals surface area (Å²) in [5.74, 6) is 0.138. The van der Waals surface area contributed by atoms with E-state index in [1.807, 2.05) is 31.0 Å². The van der Waals surface area contributed by atoms with Crippen molar-refractivity contribution in [2.45, 2.75) is 6.92 Å². The second-order valence-electron chi connectivity index (χ2n) is 4.21. The predicted molar refractivity (Wildman–Crippen MR) is 76.3 cm³/mol. The molecule has 0 saturated heterocycles. The zero-order valence-electron chi connectivity index (χ0n) is 10.2. The van der Waals surface area contributed by atoms with Crippen LogP contribution in [0, 0.1) is 6.92 Å². The standard InChI is InChI=1S/C11H17BrN2O2S/c1-8-6-11(9(12)7-10(8)13)14(2)4-5-17(3,15)16/h6-7H,4-5,13H2,1-3H3. The van der Waals surface area contributed by atoms with E-state index < -0.39 is 9.84 Å². The first kappa shape index (κ1) is 14.3. The maximum Gasteiger partial charge on any atom is 0.149 e. The Morgan fingerprint density at radius 3 is 2.53 bits per heavy atom. The Kier molecular flexibility index (Phi) is 4.43. The van der Waals surface area contributed by atoms with Crippen molar-refractivity contribution in [2.24, 2.45) is 0 Å². The van der Waals surface area contributed by atoms with E-state index in [0.717, 1.165) is 21.4 Å². The zero-order valence-corrected chi connectivity index (χ0v) is 12.6. The van der Waals surface area contributed by atoms with Crippen molar-refractivity contribution in [2.75, 3.05) is 36.2 Å². The molecule has 0 unspecified atom stereocenters. The lowest BCUT2D eigenvalue weighted by molar-refractivity contribution is 0.601. The summed E-state index contributed by atoms with van der Waals surface area (Å²) < 4.78 is 23.1. The average Bonchev–Trinajstić information content (AvgIpc) is 2.19. The Morgan fingerprint density at radius 2 is 2.00 bits per heavy atom. The van der Waals surface area contributed by atoms with E-state index in [1.165, 1.54) is 6.26 Å². The zero-order chi connectivity index (χ0) is 13.2. The van der Waals surface area contributed by atoms with Crippen molar-refractivity contribution in [1.82, 2.24) is 0 Å². The summed E-state index contributed by atoms with van der Waals surface area (Å²) in [4.78, 5) is 1.90. The van der Waals surface area contributed by atoms with Crippen molar-refractivity contribution in [3.05, 3.63) is 22.2 Å². The summed E-state index contributed by atoms with van der Waals surface area (Å²) in [5.41, 5.74) is 8.43. The number of anilines is 2. The highest BCUT2D eigenvalue weighted by Gasteiger charge is 2.10. The van der Waals surface area contributed by atoms with Crippen molar-refractivity contribution in [3.8, 4) is 0 Å². The molecule has 0 aliphatic carbocycles. The van der Waals surface area contributed by atoms with Crippen LogP contribution in [-0.2, 0) is 9.84 Å². The summed E-state index contributed by atoms with van der Waals surface area (Å²) in [6.45, 7) is 2.39. The van der Waals surface area contributed by atoms with Gasteiger partial charge in [-0.25, -0.2) is 8.42 Å². The maximum absolute atomic E-state index is 11.1. The minimum absolute atomic E-state index is 0.138. The fourth-order valence-corrected chi connectivity index (χ4v) is 2.67. The molecule has 0 heterocycles. The van der Waals surface area contributed by atoms with Gasteiger partial charge in [0, 0.05) is 30.0 Å². The molecular formula is C11H17BrN2O2S. The molecular weight excluding hydrogens is 304 g/mol. The van der Waals surface area contributed by atoms with Gasteiger partial charge < -0.3 is 10.6 Å².